The van der Waals surface area contributed by atoms with Gasteiger partial charge in [0.1, 0.15) is 5.76 Å². The molecular weight excluding hydrogens is 486 g/mol. The number of nitrogens with zero attached hydrogens (tertiary/aromatic N) is 2. The molecule has 0 fully saturated rings. The Bertz CT molecular complexity index is 729. The van der Waals surface area contributed by atoms with Gasteiger partial charge in [0.05, 0.1) is 11.7 Å². The van der Waals surface area contributed by atoms with E-state index in [2.05, 4.69) is 20.8 Å². The standard InChI is InChI=1S/C18H24Cl2N4O.HI/c1-5-21-18(22-9-8-15-12(3)24-25-13(15)4)23-11(2)16-7-6-14(19)10-17(16)20;/h6-7,10-11H,5,8-9H2,1-4H3,(H2,21,22,23);1H. The van der Waals surface area contributed by atoms with E-state index in [1.54, 1.807) is 6.07 Å². The molecular formula is C18H25Cl2IN4O. The molecule has 26 heavy (non-hydrogen) atoms. The van der Waals surface area contributed by atoms with Gasteiger partial charge in [-0.2, -0.15) is 0 Å². The van der Waals surface area contributed by atoms with Crippen LogP contribution in [-0.2, 0) is 6.42 Å². The van der Waals surface area contributed by atoms with E-state index in [0.717, 1.165) is 41.5 Å². The maximum Gasteiger partial charge on any atom is 0.191 e. The van der Waals surface area contributed by atoms with Crippen LogP contribution in [0.25, 0.3) is 0 Å². The van der Waals surface area contributed by atoms with E-state index in [1.807, 2.05) is 39.8 Å². The van der Waals surface area contributed by atoms with Gasteiger partial charge in [0, 0.05) is 28.7 Å². The Morgan fingerprint density at radius 2 is 2.04 bits per heavy atom. The minimum Gasteiger partial charge on any atom is -0.361 e. The maximum atomic E-state index is 6.29. The second-order valence-corrected chi connectivity index (χ2v) is 6.69. The van der Waals surface area contributed by atoms with Crippen molar-refractivity contribution in [1.29, 1.82) is 0 Å². The molecule has 1 heterocycles. The minimum atomic E-state index is 0. The highest BCUT2D eigenvalue weighted by molar-refractivity contribution is 14.0. The number of aromatic nitrogens is 1. The molecule has 5 nitrogen and oxygen atoms in total. The smallest absolute Gasteiger partial charge is 0.191 e. The number of guanidine groups is 1. The lowest BCUT2D eigenvalue weighted by molar-refractivity contribution is 0.392. The first-order chi connectivity index (χ1) is 11.9. The first-order valence-corrected chi connectivity index (χ1v) is 9.09. The van der Waals surface area contributed by atoms with Crippen molar-refractivity contribution in [3.8, 4) is 0 Å². The fourth-order valence-corrected chi connectivity index (χ4v) is 3.17. The van der Waals surface area contributed by atoms with Gasteiger partial charge in [-0.3, -0.25) is 4.99 Å². The van der Waals surface area contributed by atoms with E-state index in [0.29, 0.717) is 16.6 Å². The number of aliphatic imine (C=N–C) groups is 1. The molecule has 8 heteroatoms. The highest BCUT2D eigenvalue weighted by Gasteiger charge is 2.12. The van der Waals surface area contributed by atoms with E-state index in [-0.39, 0.29) is 30.0 Å². The average molecular weight is 511 g/mol. The third kappa shape index (κ3) is 6.32. The second-order valence-electron chi connectivity index (χ2n) is 5.85. The zero-order chi connectivity index (χ0) is 18.4. The van der Waals surface area contributed by atoms with Crippen molar-refractivity contribution in [3.05, 3.63) is 50.8 Å². The lowest BCUT2D eigenvalue weighted by atomic mass is 10.1. The fourth-order valence-electron chi connectivity index (χ4n) is 2.59. The number of benzene rings is 1. The van der Waals surface area contributed by atoms with Crippen LogP contribution in [0.3, 0.4) is 0 Å². The third-order valence-electron chi connectivity index (χ3n) is 3.94. The van der Waals surface area contributed by atoms with E-state index in [9.17, 15) is 0 Å². The molecule has 1 unspecified atom stereocenters. The fraction of sp³-hybridized carbons (Fsp3) is 0.444. The Labute approximate surface area is 181 Å². The van der Waals surface area contributed by atoms with Crippen LogP contribution in [0.2, 0.25) is 10.0 Å². The Balaban J connectivity index is 0.00000338. The number of aryl methyl sites for hydroxylation is 2. The van der Waals surface area contributed by atoms with Gasteiger partial charge in [-0.1, -0.05) is 34.4 Å². The average Bonchev–Trinajstić information content (AvgIpc) is 2.86. The number of hydrogen-bond donors (Lipinski definition) is 2. The molecule has 0 saturated heterocycles. The largest absolute Gasteiger partial charge is 0.361 e. The summed E-state index contributed by atoms with van der Waals surface area (Å²) < 4.78 is 5.19. The second kappa shape index (κ2) is 11.0. The zero-order valence-corrected chi connectivity index (χ0v) is 19.2. The van der Waals surface area contributed by atoms with Crippen molar-refractivity contribution in [2.75, 3.05) is 13.1 Å². The van der Waals surface area contributed by atoms with Crippen LogP contribution in [0, 0.1) is 13.8 Å². The quantitative estimate of drug-likeness (QED) is 0.323. The minimum absolute atomic E-state index is 0. The number of halogens is 3. The van der Waals surface area contributed by atoms with E-state index >= 15 is 0 Å². The predicted molar refractivity (Wildman–Crippen MR) is 119 cm³/mol. The van der Waals surface area contributed by atoms with Gasteiger partial charge in [-0.05, 0) is 51.8 Å². The van der Waals surface area contributed by atoms with Crippen LogP contribution in [0.1, 0.15) is 42.5 Å². The van der Waals surface area contributed by atoms with Crippen LogP contribution >= 0.6 is 47.2 Å². The Morgan fingerprint density at radius 3 is 2.62 bits per heavy atom. The summed E-state index contributed by atoms with van der Waals surface area (Å²) in [5.41, 5.74) is 3.02. The summed E-state index contributed by atoms with van der Waals surface area (Å²) in [5, 5.41) is 11.9. The van der Waals surface area contributed by atoms with Crippen LogP contribution < -0.4 is 10.6 Å². The summed E-state index contributed by atoms with van der Waals surface area (Å²) in [5.74, 6) is 1.60. The molecule has 1 atom stereocenters. The molecule has 2 rings (SSSR count). The normalized spacial score (nSPS) is 12.5. The van der Waals surface area contributed by atoms with E-state index in [1.165, 1.54) is 0 Å². The summed E-state index contributed by atoms with van der Waals surface area (Å²) in [6.07, 6.45) is 0.786. The van der Waals surface area contributed by atoms with Crippen molar-refractivity contribution in [1.82, 2.24) is 15.8 Å². The Kier molecular flexibility index (Phi) is 9.74. The van der Waals surface area contributed by atoms with Gasteiger partial charge >= 0.3 is 0 Å². The predicted octanol–water partition coefficient (Wildman–Crippen LogP) is 5.08. The zero-order valence-electron chi connectivity index (χ0n) is 15.4. The van der Waals surface area contributed by atoms with Gasteiger partial charge in [0.15, 0.2) is 5.96 Å². The van der Waals surface area contributed by atoms with Gasteiger partial charge in [-0.15, -0.1) is 24.0 Å². The van der Waals surface area contributed by atoms with Crippen molar-refractivity contribution < 1.29 is 4.52 Å². The van der Waals surface area contributed by atoms with Crippen molar-refractivity contribution in [2.45, 2.75) is 40.2 Å². The van der Waals surface area contributed by atoms with Crippen LogP contribution in [0.4, 0.5) is 0 Å². The lowest BCUT2D eigenvalue weighted by Gasteiger charge is -2.19. The molecule has 0 spiro atoms. The molecule has 0 aliphatic carbocycles. The van der Waals surface area contributed by atoms with E-state index < -0.39 is 0 Å². The van der Waals surface area contributed by atoms with Crippen molar-refractivity contribution in [2.24, 2.45) is 4.99 Å². The topological polar surface area (TPSA) is 62.5 Å². The first-order valence-electron chi connectivity index (χ1n) is 8.34. The Hall–Kier alpha value is -0.990. The van der Waals surface area contributed by atoms with E-state index in [4.69, 9.17) is 27.7 Å². The number of nitrogens with one attached hydrogen (secondary N) is 2. The van der Waals surface area contributed by atoms with Crippen LogP contribution in [0.5, 0.6) is 0 Å². The molecule has 2 aromatic rings. The van der Waals surface area contributed by atoms with Gasteiger partial charge in [0.25, 0.3) is 0 Å². The lowest BCUT2D eigenvalue weighted by Crippen LogP contribution is -2.39. The summed E-state index contributed by atoms with van der Waals surface area (Å²) in [6.45, 7) is 9.36. The van der Waals surface area contributed by atoms with Gasteiger partial charge in [-0.25, -0.2) is 0 Å². The molecule has 144 valence electrons. The molecule has 0 radical (unpaired) electrons. The monoisotopic (exact) mass is 510 g/mol. The molecule has 0 saturated carbocycles. The summed E-state index contributed by atoms with van der Waals surface area (Å²) in [7, 11) is 0. The molecule has 1 aromatic carbocycles. The summed E-state index contributed by atoms with van der Waals surface area (Å²) in [6, 6.07) is 5.51. The number of hydrogen-bond acceptors (Lipinski definition) is 3. The van der Waals surface area contributed by atoms with Gasteiger partial charge < -0.3 is 15.2 Å². The molecule has 0 aliphatic heterocycles. The molecule has 0 bridgehead atoms. The van der Waals surface area contributed by atoms with Crippen LogP contribution in [-0.4, -0.2) is 24.2 Å². The van der Waals surface area contributed by atoms with Crippen LogP contribution in [0.15, 0.2) is 27.7 Å². The third-order valence-corrected chi connectivity index (χ3v) is 4.50. The first kappa shape index (κ1) is 23.0. The molecule has 2 N–H and O–H groups in total. The number of rotatable bonds is 6. The molecule has 0 amide bonds. The van der Waals surface area contributed by atoms with Crippen molar-refractivity contribution in [3.63, 3.8) is 0 Å². The summed E-state index contributed by atoms with van der Waals surface area (Å²) >= 11 is 12.3. The van der Waals surface area contributed by atoms with Crippen molar-refractivity contribution >= 4 is 53.1 Å². The SMILES string of the molecule is CCNC(=NCCc1c(C)noc1C)NC(C)c1ccc(Cl)cc1Cl.I. The molecule has 0 aliphatic rings. The maximum absolute atomic E-state index is 6.29. The highest BCUT2D eigenvalue weighted by Crippen LogP contribution is 2.26. The molecule has 1 aromatic heterocycles. The van der Waals surface area contributed by atoms with Gasteiger partial charge in [0.2, 0.25) is 0 Å². The highest BCUT2D eigenvalue weighted by atomic mass is 127. The summed E-state index contributed by atoms with van der Waals surface area (Å²) in [4.78, 5) is 4.64. The Morgan fingerprint density at radius 1 is 1.31 bits per heavy atom.